The molecule has 1 aliphatic heterocycles. The van der Waals surface area contributed by atoms with Crippen molar-refractivity contribution in [3.05, 3.63) is 35.5 Å². The van der Waals surface area contributed by atoms with E-state index in [1.54, 1.807) is 0 Å². The van der Waals surface area contributed by atoms with Crippen LogP contribution < -0.4 is 4.90 Å². The van der Waals surface area contributed by atoms with Gasteiger partial charge in [0.1, 0.15) is 0 Å². The van der Waals surface area contributed by atoms with Crippen LogP contribution >= 0.6 is 0 Å². The van der Waals surface area contributed by atoms with Crippen molar-refractivity contribution in [3.8, 4) is 0 Å². The van der Waals surface area contributed by atoms with E-state index in [9.17, 15) is 0 Å². The predicted molar refractivity (Wildman–Crippen MR) is 89.6 cm³/mol. The highest BCUT2D eigenvalue weighted by Gasteiger charge is 2.31. The molecule has 1 aliphatic carbocycles. The maximum Gasteiger partial charge on any atom is 0.151 e. The molecule has 0 radical (unpaired) electrons. The molecule has 0 aromatic carbocycles. The molecule has 0 bridgehead atoms. The lowest BCUT2D eigenvalue weighted by atomic mass is 10.1. The Balaban J connectivity index is 1.30. The summed E-state index contributed by atoms with van der Waals surface area (Å²) in [5, 5.41) is 8.81. The molecule has 122 valence electrons. The van der Waals surface area contributed by atoms with Crippen LogP contribution in [0.2, 0.25) is 0 Å². The molecule has 0 atom stereocenters. The molecule has 0 N–H and O–H groups in total. The number of aromatic nitrogens is 4. The number of nitrogens with zero attached hydrogens (tertiary/aromatic N) is 6. The molecule has 4 rings (SSSR count). The first kappa shape index (κ1) is 14.6. The van der Waals surface area contributed by atoms with Crippen molar-refractivity contribution < 1.29 is 0 Å². The average Bonchev–Trinajstić information content (AvgIpc) is 3.11. The monoisotopic (exact) mass is 312 g/mol. The fraction of sp³-hybridized carbons (Fsp3) is 0.588. The average molecular weight is 312 g/mol. The Kier molecular flexibility index (Phi) is 3.77. The van der Waals surface area contributed by atoms with E-state index in [1.165, 1.54) is 29.8 Å². The molecule has 0 amide bonds. The number of hydrogen-bond acceptors (Lipinski definition) is 5. The van der Waals surface area contributed by atoms with Crippen LogP contribution in [0.1, 0.15) is 23.4 Å². The number of rotatable bonds is 5. The third-order valence-electron chi connectivity index (χ3n) is 5.25. The van der Waals surface area contributed by atoms with Crippen molar-refractivity contribution in [2.24, 2.45) is 7.05 Å². The van der Waals surface area contributed by atoms with Gasteiger partial charge in [-0.25, -0.2) is 4.98 Å². The highest BCUT2D eigenvalue weighted by molar-refractivity contribution is 5.45. The smallest absolute Gasteiger partial charge is 0.151 e. The molecule has 1 saturated heterocycles. The first-order chi connectivity index (χ1) is 11.2. The Hall–Kier alpha value is -1.95. The molecule has 3 heterocycles. The number of aryl methyl sites for hydroxylation is 3. The van der Waals surface area contributed by atoms with E-state index in [2.05, 4.69) is 49.7 Å². The van der Waals surface area contributed by atoms with Crippen molar-refractivity contribution >= 4 is 5.82 Å². The van der Waals surface area contributed by atoms with Crippen molar-refractivity contribution in [2.45, 2.75) is 31.7 Å². The third kappa shape index (κ3) is 2.83. The molecule has 0 unspecified atom stereocenters. The molecule has 6 heteroatoms. The van der Waals surface area contributed by atoms with Crippen molar-refractivity contribution in [1.29, 1.82) is 0 Å². The maximum atomic E-state index is 4.41. The SMILES string of the molecule is CN(CCc1cncn1C)C1CN(c2cc3c(nn2)CCC3)C1. The number of anilines is 1. The van der Waals surface area contributed by atoms with Gasteiger partial charge in [0.15, 0.2) is 5.82 Å². The zero-order valence-corrected chi connectivity index (χ0v) is 13.9. The molecular weight excluding hydrogens is 288 g/mol. The summed E-state index contributed by atoms with van der Waals surface area (Å²) in [7, 11) is 4.27. The Bertz CT molecular complexity index is 688. The molecule has 2 aliphatic rings. The number of hydrogen-bond donors (Lipinski definition) is 0. The highest BCUT2D eigenvalue weighted by atomic mass is 15.4. The molecule has 0 saturated carbocycles. The van der Waals surface area contributed by atoms with Crippen molar-refractivity contribution in [1.82, 2.24) is 24.6 Å². The fourth-order valence-corrected chi connectivity index (χ4v) is 3.49. The van der Waals surface area contributed by atoms with Gasteiger partial charge in [-0.3, -0.25) is 4.90 Å². The summed E-state index contributed by atoms with van der Waals surface area (Å²) in [6.07, 6.45) is 8.37. The number of fused-ring (bicyclic) bond motifs is 1. The van der Waals surface area contributed by atoms with Gasteiger partial charge in [-0.2, -0.15) is 5.10 Å². The number of imidazole rings is 1. The van der Waals surface area contributed by atoms with Crippen LogP contribution in [0.25, 0.3) is 0 Å². The van der Waals surface area contributed by atoms with Crippen LogP contribution in [0.5, 0.6) is 0 Å². The summed E-state index contributed by atoms with van der Waals surface area (Å²) in [4.78, 5) is 8.97. The van der Waals surface area contributed by atoms with Crippen molar-refractivity contribution in [2.75, 3.05) is 31.6 Å². The van der Waals surface area contributed by atoms with Gasteiger partial charge in [-0.1, -0.05) is 0 Å². The van der Waals surface area contributed by atoms with Gasteiger partial charge >= 0.3 is 0 Å². The second-order valence-corrected chi connectivity index (χ2v) is 6.81. The van der Waals surface area contributed by atoms with E-state index in [0.29, 0.717) is 6.04 Å². The topological polar surface area (TPSA) is 50.1 Å². The lowest BCUT2D eigenvalue weighted by molar-refractivity contribution is 0.205. The van der Waals surface area contributed by atoms with Gasteiger partial charge in [0, 0.05) is 51.0 Å². The minimum atomic E-state index is 0.610. The summed E-state index contributed by atoms with van der Waals surface area (Å²) in [5.41, 5.74) is 3.90. The molecule has 23 heavy (non-hydrogen) atoms. The normalized spacial score (nSPS) is 17.6. The van der Waals surface area contributed by atoms with Crippen LogP contribution in [-0.4, -0.2) is 57.4 Å². The summed E-state index contributed by atoms with van der Waals surface area (Å²) < 4.78 is 2.10. The lowest BCUT2D eigenvalue weighted by Gasteiger charge is -2.44. The van der Waals surface area contributed by atoms with Crippen molar-refractivity contribution in [3.63, 3.8) is 0 Å². The predicted octanol–water partition coefficient (Wildman–Crippen LogP) is 1.06. The van der Waals surface area contributed by atoms with E-state index in [1.807, 2.05) is 12.5 Å². The Morgan fingerprint density at radius 1 is 1.26 bits per heavy atom. The number of likely N-dealkylation sites (N-methyl/N-ethyl adjacent to an activating group) is 1. The lowest BCUT2D eigenvalue weighted by Crippen LogP contribution is -2.59. The van der Waals surface area contributed by atoms with Crippen LogP contribution in [0, 0.1) is 0 Å². The van der Waals surface area contributed by atoms with Crippen LogP contribution in [0.4, 0.5) is 5.82 Å². The van der Waals surface area contributed by atoms with Crippen LogP contribution in [0.15, 0.2) is 18.6 Å². The fourth-order valence-electron chi connectivity index (χ4n) is 3.49. The second-order valence-electron chi connectivity index (χ2n) is 6.81. The second kappa shape index (κ2) is 5.92. The third-order valence-corrected chi connectivity index (χ3v) is 5.25. The van der Waals surface area contributed by atoms with Gasteiger partial charge in [-0.05, 0) is 37.9 Å². The molecule has 0 spiro atoms. The van der Waals surface area contributed by atoms with Crippen LogP contribution in [0.3, 0.4) is 0 Å². The molecule has 2 aromatic heterocycles. The van der Waals surface area contributed by atoms with Crippen LogP contribution in [-0.2, 0) is 26.3 Å². The highest BCUT2D eigenvalue weighted by Crippen LogP contribution is 2.26. The van der Waals surface area contributed by atoms with E-state index >= 15 is 0 Å². The van der Waals surface area contributed by atoms with Gasteiger partial charge < -0.3 is 9.47 Å². The maximum absolute atomic E-state index is 4.41. The summed E-state index contributed by atoms with van der Waals surface area (Å²) in [6.45, 7) is 3.17. The summed E-state index contributed by atoms with van der Waals surface area (Å²) in [6, 6.07) is 2.86. The molecule has 2 aromatic rings. The van der Waals surface area contributed by atoms with Gasteiger partial charge in [0.25, 0.3) is 0 Å². The first-order valence-corrected chi connectivity index (χ1v) is 8.46. The van der Waals surface area contributed by atoms with Gasteiger partial charge in [-0.15, -0.1) is 5.10 Å². The molecule has 1 fully saturated rings. The Morgan fingerprint density at radius 2 is 2.13 bits per heavy atom. The zero-order chi connectivity index (χ0) is 15.8. The van der Waals surface area contributed by atoms with Gasteiger partial charge in [0.2, 0.25) is 0 Å². The summed E-state index contributed by atoms with van der Waals surface area (Å²) >= 11 is 0. The Morgan fingerprint density at radius 3 is 2.91 bits per heavy atom. The van der Waals surface area contributed by atoms with Gasteiger partial charge in [0.05, 0.1) is 12.0 Å². The van der Waals surface area contributed by atoms with E-state index < -0.39 is 0 Å². The Labute approximate surface area is 137 Å². The first-order valence-electron chi connectivity index (χ1n) is 8.46. The largest absolute Gasteiger partial charge is 0.352 e. The standard InChI is InChI=1S/C17H24N6/c1-21(7-6-14-9-18-12-22(14)2)15-10-23(11-15)17-8-13-4-3-5-16(13)19-20-17/h8-9,12,15H,3-7,10-11H2,1-2H3. The van der Waals surface area contributed by atoms with E-state index in [-0.39, 0.29) is 0 Å². The van der Waals surface area contributed by atoms with E-state index in [4.69, 9.17) is 0 Å². The molecular formula is C17H24N6. The quantitative estimate of drug-likeness (QED) is 0.826. The summed E-state index contributed by atoms with van der Waals surface area (Å²) in [5.74, 6) is 1.06. The zero-order valence-electron chi connectivity index (χ0n) is 13.9. The van der Waals surface area contributed by atoms with E-state index in [0.717, 1.165) is 38.3 Å². The minimum absolute atomic E-state index is 0.610. The molecule has 6 nitrogen and oxygen atoms in total. The minimum Gasteiger partial charge on any atom is -0.352 e.